The number of piperidine rings is 1. The van der Waals surface area contributed by atoms with Gasteiger partial charge in [-0.2, -0.15) is 0 Å². The van der Waals surface area contributed by atoms with Gasteiger partial charge in [-0.25, -0.2) is 4.98 Å². The molecule has 1 aliphatic heterocycles. The first-order chi connectivity index (χ1) is 12.6. The van der Waals surface area contributed by atoms with E-state index in [1.807, 2.05) is 25.1 Å². The summed E-state index contributed by atoms with van der Waals surface area (Å²) >= 11 is 1.45. The third-order valence-electron chi connectivity index (χ3n) is 4.50. The summed E-state index contributed by atoms with van der Waals surface area (Å²) in [6, 6.07) is 5.69. The van der Waals surface area contributed by atoms with Crippen molar-refractivity contribution >= 4 is 32.6 Å². The van der Waals surface area contributed by atoms with Gasteiger partial charge in [-0.1, -0.05) is 17.9 Å². The molecule has 0 radical (unpaired) electrons. The number of likely N-dealkylation sites (tertiary alicyclic amines) is 1. The highest BCUT2D eigenvalue weighted by atomic mass is 32.1. The van der Waals surface area contributed by atoms with Gasteiger partial charge < -0.3 is 14.8 Å². The Morgan fingerprint density at radius 2 is 2.35 bits per heavy atom. The average Bonchev–Trinajstić information content (AvgIpc) is 3.03. The van der Waals surface area contributed by atoms with Crippen molar-refractivity contribution in [3.05, 3.63) is 30.5 Å². The van der Waals surface area contributed by atoms with Crippen molar-refractivity contribution in [1.29, 1.82) is 0 Å². The first-order valence-corrected chi connectivity index (χ1v) is 9.69. The van der Waals surface area contributed by atoms with Gasteiger partial charge in [-0.3, -0.25) is 9.69 Å². The number of anilines is 1. The molecule has 1 aromatic heterocycles. The Labute approximate surface area is 157 Å². The van der Waals surface area contributed by atoms with Crippen LogP contribution in [0.2, 0.25) is 0 Å². The molecule has 0 aliphatic carbocycles. The van der Waals surface area contributed by atoms with Gasteiger partial charge in [-0.15, -0.1) is 0 Å². The van der Waals surface area contributed by atoms with E-state index >= 15 is 0 Å². The summed E-state index contributed by atoms with van der Waals surface area (Å²) in [7, 11) is 1.64. The van der Waals surface area contributed by atoms with Crippen LogP contribution in [0.3, 0.4) is 0 Å². The lowest BCUT2D eigenvalue weighted by molar-refractivity contribution is -0.117. The van der Waals surface area contributed by atoms with Crippen molar-refractivity contribution in [2.24, 2.45) is 5.92 Å². The summed E-state index contributed by atoms with van der Waals surface area (Å²) in [5.74, 6) is 1.87. The number of thiazole rings is 1. The van der Waals surface area contributed by atoms with E-state index in [1.165, 1.54) is 11.3 Å². The van der Waals surface area contributed by atoms with Crippen LogP contribution in [0.1, 0.15) is 19.8 Å². The summed E-state index contributed by atoms with van der Waals surface area (Å²) in [6.07, 6.45) is 2.11. The normalized spacial score (nSPS) is 17.8. The molecule has 0 saturated carbocycles. The molecule has 1 N–H and O–H groups in total. The summed E-state index contributed by atoms with van der Waals surface area (Å²) in [5, 5.41) is 3.53. The summed E-state index contributed by atoms with van der Waals surface area (Å²) in [4.78, 5) is 19.0. The first kappa shape index (κ1) is 18.7. The number of methoxy groups -OCH3 is 1. The standard InChI is InChI=1S/C19H25N3O3S/c1-4-25-13(2)14-6-5-9-22(11-14)12-18(23)21-19-20-16-8-7-15(24-3)10-17(16)26-19/h7-8,10,14H,2,4-6,9,11-12H2,1,3H3,(H,20,21,23). The van der Waals surface area contributed by atoms with E-state index in [0.717, 1.165) is 47.7 Å². The molecule has 1 aliphatic rings. The predicted molar refractivity (Wildman–Crippen MR) is 105 cm³/mol. The van der Waals surface area contributed by atoms with Crippen molar-refractivity contribution in [2.75, 3.05) is 38.7 Å². The van der Waals surface area contributed by atoms with Gasteiger partial charge in [-0.05, 0) is 44.5 Å². The van der Waals surface area contributed by atoms with Crippen LogP contribution in [-0.4, -0.2) is 49.1 Å². The Hall–Kier alpha value is -2.12. The Bertz CT molecular complexity index is 789. The summed E-state index contributed by atoms with van der Waals surface area (Å²) in [5.41, 5.74) is 0.858. The lowest BCUT2D eigenvalue weighted by atomic mass is 9.96. The number of hydrogen-bond donors (Lipinski definition) is 1. The Balaban J connectivity index is 1.57. The maximum atomic E-state index is 12.4. The molecule has 26 heavy (non-hydrogen) atoms. The molecule has 7 heteroatoms. The minimum atomic E-state index is -0.0429. The zero-order chi connectivity index (χ0) is 18.5. The Morgan fingerprint density at radius 1 is 1.50 bits per heavy atom. The number of nitrogens with zero attached hydrogens (tertiary/aromatic N) is 2. The second kappa shape index (κ2) is 8.51. The maximum absolute atomic E-state index is 12.4. The number of hydrogen-bond acceptors (Lipinski definition) is 6. The molecule has 2 heterocycles. The predicted octanol–water partition coefficient (Wildman–Crippen LogP) is 3.51. The smallest absolute Gasteiger partial charge is 0.240 e. The molecule has 2 aromatic rings. The quantitative estimate of drug-likeness (QED) is 0.751. The molecule has 1 unspecified atom stereocenters. The third-order valence-corrected chi connectivity index (χ3v) is 5.43. The van der Waals surface area contributed by atoms with E-state index in [2.05, 4.69) is 21.8 Å². The van der Waals surface area contributed by atoms with Crippen molar-refractivity contribution in [3.8, 4) is 5.75 Å². The SMILES string of the molecule is C=C(OCC)C1CCCN(CC(=O)Nc2nc3ccc(OC)cc3s2)C1. The van der Waals surface area contributed by atoms with Gasteiger partial charge in [0, 0.05) is 12.5 Å². The van der Waals surface area contributed by atoms with E-state index in [4.69, 9.17) is 9.47 Å². The molecule has 1 saturated heterocycles. The Morgan fingerprint density at radius 3 is 3.12 bits per heavy atom. The summed E-state index contributed by atoms with van der Waals surface area (Å²) in [6.45, 7) is 8.70. The lowest BCUT2D eigenvalue weighted by Crippen LogP contribution is -2.41. The number of rotatable bonds is 7. The zero-order valence-electron chi connectivity index (χ0n) is 15.3. The van der Waals surface area contributed by atoms with E-state index in [0.29, 0.717) is 24.2 Å². The molecular weight excluding hydrogens is 350 g/mol. The van der Waals surface area contributed by atoms with Gasteiger partial charge in [0.25, 0.3) is 0 Å². The van der Waals surface area contributed by atoms with Crippen LogP contribution in [0.4, 0.5) is 5.13 Å². The number of nitrogens with one attached hydrogen (secondary N) is 1. The van der Waals surface area contributed by atoms with Crippen molar-refractivity contribution in [1.82, 2.24) is 9.88 Å². The highest BCUT2D eigenvalue weighted by molar-refractivity contribution is 7.22. The number of fused-ring (bicyclic) bond motifs is 1. The molecule has 6 nitrogen and oxygen atoms in total. The highest BCUT2D eigenvalue weighted by Crippen LogP contribution is 2.29. The van der Waals surface area contributed by atoms with Gasteiger partial charge in [0.1, 0.15) is 5.75 Å². The van der Waals surface area contributed by atoms with Gasteiger partial charge in [0.05, 0.1) is 36.2 Å². The van der Waals surface area contributed by atoms with Crippen LogP contribution in [0.5, 0.6) is 5.75 Å². The third kappa shape index (κ3) is 4.53. The van der Waals surface area contributed by atoms with Crippen molar-refractivity contribution in [2.45, 2.75) is 19.8 Å². The lowest BCUT2D eigenvalue weighted by Gasteiger charge is -2.32. The van der Waals surface area contributed by atoms with Crippen LogP contribution < -0.4 is 10.1 Å². The fourth-order valence-electron chi connectivity index (χ4n) is 3.21. The molecule has 3 rings (SSSR count). The topological polar surface area (TPSA) is 63.7 Å². The Kier molecular flexibility index (Phi) is 6.11. The van der Waals surface area contributed by atoms with E-state index in [9.17, 15) is 4.79 Å². The second-order valence-electron chi connectivity index (χ2n) is 6.37. The van der Waals surface area contributed by atoms with Crippen molar-refractivity contribution in [3.63, 3.8) is 0 Å². The highest BCUT2D eigenvalue weighted by Gasteiger charge is 2.24. The minimum Gasteiger partial charge on any atom is -0.499 e. The van der Waals surface area contributed by atoms with Crippen LogP contribution >= 0.6 is 11.3 Å². The zero-order valence-corrected chi connectivity index (χ0v) is 16.1. The number of carbonyl (C=O) groups excluding carboxylic acids is 1. The molecule has 0 spiro atoms. The maximum Gasteiger partial charge on any atom is 0.240 e. The molecule has 0 bridgehead atoms. The number of benzene rings is 1. The largest absolute Gasteiger partial charge is 0.499 e. The van der Waals surface area contributed by atoms with Crippen LogP contribution in [0.15, 0.2) is 30.5 Å². The molecular formula is C19H25N3O3S. The van der Waals surface area contributed by atoms with E-state index in [1.54, 1.807) is 7.11 Å². The minimum absolute atomic E-state index is 0.0429. The molecule has 1 atom stereocenters. The van der Waals surface area contributed by atoms with Crippen LogP contribution in [-0.2, 0) is 9.53 Å². The van der Waals surface area contributed by atoms with Crippen molar-refractivity contribution < 1.29 is 14.3 Å². The fourth-order valence-corrected chi connectivity index (χ4v) is 4.12. The van der Waals surface area contributed by atoms with Gasteiger partial charge in [0.2, 0.25) is 5.91 Å². The fraction of sp³-hybridized carbons (Fsp3) is 0.474. The van der Waals surface area contributed by atoms with Crippen LogP contribution in [0.25, 0.3) is 10.2 Å². The molecule has 140 valence electrons. The molecule has 1 aromatic carbocycles. The number of carbonyl (C=O) groups is 1. The van der Waals surface area contributed by atoms with E-state index < -0.39 is 0 Å². The van der Waals surface area contributed by atoms with Gasteiger partial charge >= 0.3 is 0 Å². The second-order valence-corrected chi connectivity index (χ2v) is 7.41. The number of ether oxygens (including phenoxy) is 2. The number of aromatic nitrogens is 1. The molecule has 1 amide bonds. The first-order valence-electron chi connectivity index (χ1n) is 8.87. The van der Waals surface area contributed by atoms with E-state index in [-0.39, 0.29) is 5.91 Å². The van der Waals surface area contributed by atoms with Crippen LogP contribution in [0, 0.1) is 5.92 Å². The molecule has 1 fully saturated rings. The monoisotopic (exact) mass is 375 g/mol. The summed E-state index contributed by atoms with van der Waals surface area (Å²) < 4.78 is 11.8. The van der Waals surface area contributed by atoms with Gasteiger partial charge in [0.15, 0.2) is 5.13 Å². The average molecular weight is 375 g/mol. The number of amides is 1.